The van der Waals surface area contributed by atoms with Crippen molar-refractivity contribution in [1.82, 2.24) is 4.90 Å². The molecule has 2 aliphatic heterocycles. The van der Waals surface area contributed by atoms with Gasteiger partial charge in [0.05, 0.1) is 5.39 Å². The van der Waals surface area contributed by atoms with Gasteiger partial charge in [0.1, 0.15) is 11.4 Å². The minimum atomic E-state index is -0.231. The van der Waals surface area contributed by atoms with Gasteiger partial charge in [-0.2, -0.15) is 0 Å². The number of aryl methyl sites for hydroxylation is 1. The lowest BCUT2D eigenvalue weighted by molar-refractivity contribution is 0.0539. The van der Waals surface area contributed by atoms with Crippen LogP contribution in [0.25, 0.3) is 11.0 Å². The predicted molar refractivity (Wildman–Crippen MR) is 109 cm³/mol. The molecule has 5 rings (SSSR count). The van der Waals surface area contributed by atoms with E-state index in [9.17, 15) is 14.0 Å². The van der Waals surface area contributed by atoms with E-state index in [1.807, 2.05) is 30.0 Å². The Hall–Kier alpha value is -2.95. The first-order valence-corrected chi connectivity index (χ1v) is 10.1. The first-order chi connectivity index (χ1) is 14.0. The average Bonchev–Trinajstić information content (AvgIpc) is 2.97. The largest absolute Gasteiger partial charge is 0.451 e. The van der Waals surface area contributed by atoms with Crippen molar-refractivity contribution in [3.63, 3.8) is 0 Å². The van der Waals surface area contributed by atoms with Crippen molar-refractivity contribution in [2.45, 2.75) is 50.6 Å². The van der Waals surface area contributed by atoms with Crippen molar-refractivity contribution in [3.05, 3.63) is 81.5 Å². The Morgan fingerprint density at radius 3 is 2.41 bits per heavy atom. The predicted octanol–water partition coefficient (Wildman–Crippen LogP) is 4.79. The number of carbonyl (C=O) groups excluding carboxylic acids is 1. The van der Waals surface area contributed by atoms with Crippen LogP contribution in [0.1, 0.15) is 53.3 Å². The van der Waals surface area contributed by atoms with E-state index >= 15 is 0 Å². The molecule has 4 nitrogen and oxygen atoms in total. The van der Waals surface area contributed by atoms with E-state index in [0.717, 1.165) is 36.8 Å². The molecule has 0 unspecified atom stereocenters. The van der Waals surface area contributed by atoms with Crippen LogP contribution in [0, 0.1) is 12.7 Å². The van der Waals surface area contributed by atoms with Gasteiger partial charge in [-0.1, -0.05) is 23.8 Å². The summed E-state index contributed by atoms with van der Waals surface area (Å²) in [5.74, 6) is 0.00714. The molecule has 3 aromatic rings. The SMILES string of the molecule is Cc1ccc2oc(C(=O)N3[C@H]4CC[C@H]3CC(c3ccc(F)cc3)C4)cc(=O)c2c1. The van der Waals surface area contributed by atoms with E-state index in [1.54, 1.807) is 12.1 Å². The summed E-state index contributed by atoms with van der Waals surface area (Å²) in [5, 5.41) is 0.500. The number of hydrogen-bond donors (Lipinski definition) is 0. The number of piperidine rings is 1. The first-order valence-electron chi connectivity index (χ1n) is 10.1. The molecule has 0 radical (unpaired) electrons. The number of fused-ring (bicyclic) bond motifs is 3. The second-order valence-electron chi connectivity index (χ2n) is 8.29. The molecule has 2 aromatic carbocycles. The molecule has 0 saturated carbocycles. The minimum absolute atomic E-state index is 0.114. The molecule has 0 N–H and O–H groups in total. The summed E-state index contributed by atoms with van der Waals surface area (Å²) in [6, 6.07) is 13.7. The maximum atomic E-state index is 13.3. The van der Waals surface area contributed by atoms with Crippen molar-refractivity contribution in [2.75, 3.05) is 0 Å². The lowest BCUT2D eigenvalue weighted by Crippen LogP contribution is -2.46. The van der Waals surface area contributed by atoms with Gasteiger partial charge in [-0.3, -0.25) is 9.59 Å². The third-order valence-electron chi connectivity index (χ3n) is 6.40. The van der Waals surface area contributed by atoms with E-state index < -0.39 is 0 Å². The maximum absolute atomic E-state index is 13.3. The van der Waals surface area contributed by atoms with Gasteiger partial charge in [0.2, 0.25) is 0 Å². The summed E-state index contributed by atoms with van der Waals surface area (Å²) >= 11 is 0. The lowest BCUT2D eigenvalue weighted by Gasteiger charge is -2.39. The number of carbonyl (C=O) groups is 1. The quantitative estimate of drug-likeness (QED) is 0.631. The van der Waals surface area contributed by atoms with Crippen LogP contribution in [0.3, 0.4) is 0 Å². The summed E-state index contributed by atoms with van der Waals surface area (Å²) in [6.45, 7) is 1.92. The summed E-state index contributed by atoms with van der Waals surface area (Å²) in [5.41, 5.74) is 2.36. The van der Waals surface area contributed by atoms with Gasteiger partial charge in [0.15, 0.2) is 11.2 Å². The van der Waals surface area contributed by atoms with Gasteiger partial charge >= 0.3 is 0 Å². The Labute approximate surface area is 167 Å². The number of halogens is 1. The fourth-order valence-corrected chi connectivity index (χ4v) is 5.02. The van der Waals surface area contributed by atoms with E-state index in [2.05, 4.69) is 0 Å². The Kier molecular flexibility index (Phi) is 4.26. The molecule has 1 amide bonds. The molecule has 3 heterocycles. The van der Waals surface area contributed by atoms with Crippen LogP contribution in [0.15, 0.2) is 57.7 Å². The normalized spacial score (nSPS) is 23.5. The number of rotatable bonds is 2. The van der Waals surface area contributed by atoms with Crippen molar-refractivity contribution in [2.24, 2.45) is 0 Å². The first kappa shape index (κ1) is 18.1. The van der Waals surface area contributed by atoms with Crippen LogP contribution in [0.5, 0.6) is 0 Å². The van der Waals surface area contributed by atoms with Crippen LogP contribution in [0.2, 0.25) is 0 Å². The molecule has 2 atom stereocenters. The molecule has 2 fully saturated rings. The fraction of sp³-hybridized carbons (Fsp3) is 0.333. The van der Waals surface area contributed by atoms with Crippen LogP contribution >= 0.6 is 0 Å². The van der Waals surface area contributed by atoms with Gasteiger partial charge in [-0.15, -0.1) is 0 Å². The van der Waals surface area contributed by atoms with Crippen LogP contribution < -0.4 is 5.43 Å². The molecule has 1 aromatic heterocycles. The number of hydrogen-bond acceptors (Lipinski definition) is 3. The van der Waals surface area contributed by atoms with Gasteiger partial charge in [-0.25, -0.2) is 4.39 Å². The van der Waals surface area contributed by atoms with Gasteiger partial charge in [0.25, 0.3) is 5.91 Å². The van der Waals surface area contributed by atoms with Crippen LogP contribution in [-0.2, 0) is 0 Å². The molecular formula is C24H22FNO3. The van der Waals surface area contributed by atoms with E-state index in [0.29, 0.717) is 16.9 Å². The van der Waals surface area contributed by atoms with Gasteiger partial charge in [0, 0.05) is 18.2 Å². The van der Waals surface area contributed by atoms with Crippen LogP contribution in [-0.4, -0.2) is 22.9 Å². The highest BCUT2D eigenvalue weighted by molar-refractivity contribution is 5.94. The molecule has 2 aliphatic rings. The lowest BCUT2D eigenvalue weighted by atomic mass is 9.85. The maximum Gasteiger partial charge on any atom is 0.290 e. The fourth-order valence-electron chi connectivity index (χ4n) is 5.02. The van der Waals surface area contributed by atoms with E-state index in [4.69, 9.17) is 4.42 Å². The Bertz CT molecular complexity index is 1140. The van der Waals surface area contributed by atoms with Crippen LogP contribution in [0.4, 0.5) is 4.39 Å². The molecular weight excluding hydrogens is 369 g/mol. The average molecular weight is 391 g/mol. The Morgan fingerprint density at radius 1 is 1.03 bits per heavy atom. The number of benzene rings is 2. The highest BCUT2D eigenvalue weighted by Crippen LogP contribution is 2.43. The highest BCUT2D eigenvalue weighted by atomic mass is 19.1. The topological polar surface area (TPSA) is 50.5 Å². The molecule has 5 heteroatoms. The smallest absolute Gasteiger partial charge is 0.290 e. The summed E-state index contributed by atoms with van der Waals surface area (Å²) in [7, 11) is 0. The summed E-state index contributed by atoms with van der Waals surface area (Å²) < 4.78 is 19.1. The summed E-state index contributed by atoms with van der Waals surface area (Å²) in [6.07, 6.45) is 3.60. The zero-order valence-electron chi connectivity index (χ0n) is 16.2. The summed E-state index contributed by atoms with van der Waals surface area (Å²) in [4.78, 5) is 27.7. The Balaban J connectivity index is 1.43. The minimum Gasteiger partial charge on any atom is -0.451 e. The third-order valence-corrected chi connectivity index (χ3v) is 6.40. The molecule has 0 aliphatic carbocycles. The van der Waals surface area contributed by atoms with E-state index in [1.165, 1.54) is 18.2 Å². The van der Waals surface area contributed by atoms with Gasteiger partial charge < -0.3 is 9.32 Å². The van der Waals surface area contributed by atoms with Crippen molar-refractivity contribution in [1.29, 1.82) is 0 Å². The van der Waals surface area contributed by atoms with Crippen molar-refractivity contribution < 1.29 is 13.6 Å². The molecule has 2 saturated heterocycles. The Morgan fingerprint density at radius 2 is 1.72 bits per heavy atom. The highest BCUT2D eigenvalue weighted by Gasteiger charge is 2.44. The number of nitrogens with zero attached hydrogens (tertiary/aromatic N) is 1. The standard InChI is InChI=1S/C24H22FNO3/c1-14-2-9-22-20(10-14)21(27)13-23(29-22)24(28)26-18-7-8-19(26)12-16(11-18)15-3-5-17(25)6-4-15/h2-6,9-10,13,16,18-19H,7-8,11-12H2,1H3/t18-,19-/m0/s1. The monoisotopic (exact) mass is 391 g/mol. The third kappa shape index (κ3) is 3.15. The zero-order chi connectivity index (χ0) is 20.1. The molecule has 148 valence electrons. The van der Waals surface area contributed by atoms with Crippen molar-refractivity contribution in [3.8, 4) is 0 Å². The molecule has 0 spiro atoms. The molecule has 2 bridgehead atoms. The zero-order valence-corrected chi connectivity index (χ0v) is 16.2. The second kappa shape index (κ2) is 6.83. The number of amides is 1. The molecule has 29 heavy (non-hydrogen) atoms. The second-order valence-corrected chi connectivity index (χ2v) is 8.29. The van der Waals surface area contributed by atoms with E-state index in [-0.39, 0.29) is 35.0 Å². The van der Waals surface area contributed by atoms with Crippen molar-refractivity contribution >= 4 is 16.9 Å². The van der Waals surface area contributed by atoms with Gasteiger partial charge in [-0.05, 0) is 68.4 Å².